The van der Waals surface area contributed by atoms with E-state index in [1.54, 1.807) is 193 Å². The van der Waals surface area contributed by atoms with E-state index in [2.05, 4.69) is 142 Å². The van der Waals surface area contributed by atoms with E-state index in [1.807, 2.05) is 142 Å². The van der Waals surface area contributed by atoms with Crippen molar-refractivity contribution in [2.24, 2.45) is 0 Å². The van der Waals surface area contributed by atoms with Crippen molar-refractivity contribution in [3.05, 3.63) is 323 Å². The van der Waals surface area contributed by atoms with Crippen LogP contribution in [0.15, 0.2) is 295 Å². The summed E-state index contributed by atoms with van der Waals surface area (Å²) >= 11 is 6.20. The summed E-state index contributed by atoms with van der Waals surface area (Å²) in [6.07, 6.45) is 45.5. The van der Waals surface area contributed by atoms with E-state index in [9.17, 15) is 19.2 Å². The average molecular weight is 1720 g/mol. The number of nitrogens with zero attached hydrogens (tertiary/aromatic N) is 27. The first kappa shape index (κ1) is 83.5. The van der Waals surface area contributed by atoms with Crippen LogP contribution in [0, 0.1) is 27.7 Å². The zero-order valence-corrected chi connectivity index (χ0v) is 69.9. The number of imidazole rings is 1. The molecule has 20 aromatic rings. The predicted octanol–water partition coefficient (Wildman–Crippen LogP) is 14.4. The fraction of sp³-hybridized carbons (Fsp3) is 0.0860. The fourth-order valence-electron chi connectivity index (χ4n) is 13.8. The molecule has 0 aliphatic rings. The number of nitrogens with one attached hydrogen (secondary N) is 4. The Morgan fingerprint density at radius 3 is 1.14 bits per heavy atom. The maximum atomic E-state index is 12.7. The second-order valence-corrected chi connectivity index (χ2v) is 29.3. The van der Waals surface area contributed by atoms with Crippen LogP contribution in [0.3, 0.4) is 0 Å². The Balaban J connectivity index is 0.000000121. The molecule has 35 nitrogen and oxygen atoms in total. The smallest absolute Gasteiger partial charge is 0.247 e. The highest BCUT2D eigenvalue weighted by Crippen LogP contribution is 2.32. The molecule has 0 saturated carbocycles. The molecule has 20 rings (SSSR count). The molecule has 0 radical (unpaired) electrons. The number of pyridine rings is 11. The summed E-state index contributed by atoms with van der Waals surface area (Å²) in [5, 5.41) is 18.3. The van der Waals surface area contributed by atoms with Crippen LogP contribution in [0.1, 0.15) is 22.8 Å². The monoisotopic (exact) mass is 1720 g/mol. The molecule has 0 aliphatic carbocycles. The standard InChI is InChI=1S/C24H19N7O.C23H17ClN8O.2C23H18N8O/c1-16-10-17(4-6-26-16)20-11-18-5-9-31(24(18)29-13-20)15-23(32)30-22-3-2-19(12-28-22)21-14-25-7-8-27-21;1-14-10-15(4-6-26-14)21-17-5-9-32(22(17)31-23(24)30-21)13-20(33)29-19-3-2-16(11-28-19)18-12-25-7-8-27-18;1-15-10-16(4-6-25-15)22-23-19(5-7-27-22)31(14-29-23)13-21(32)30-20-3-2-17(11-28-20)18-12-24-8-9-26-18;1-15-8-16(4-5-25-15)18-9-19-12-29-31(23(19)28-11-18)14-22(32)30-21-3-2-17(10-27-21)20-13-24-6-7-26-20/h2-14H,15H2,1H3,(H,28,30,32);2-12H,13H2,1H3,(H,28,29,33);2-12,14H,13H2,1H3,(H,28,30,32);2-13H,14H2,1H3,(H,27,30,32). The zero-order valence-electron chi connectivity index (χ0n) is 69.1. The van der Waals surface area contributed by atoms with Crippen molar-refractivity contribution in [1.29, 1.82) is 0 Å². The van der Waals surface area contributed by atoms with Gasteiger partial charge in [-0.2, -0.15) is 10.1 Å². The third-order valence-electron chi connectivity index (χ3n) is 19.8. The second-order valence-electron chi connectivity index (χ2n) is 29.0. The Morgan fingerprint density at radius 1 is 0.302 bits per heavy atom. The Bertz CT molecular complexity index is 7180. The van der Waals surface area contributed by atoms with Gasteiger partial charge in [0.1, 0.15) is 66.3 Å². The topological polar surface area (TPSA) is 433 Å². The molecule has 36 heteroatoms. The summed E-state index contributed by atoms with van der Waals surface area (Å²) in [5.41, 5.74) is 20.7. The minimum Gasteiger partial charge on any atom is -0.323 e. The Kier molecular flexibility index (Phi) is 25.1. The molecule has 0 aromatic carbocycles. The first-order valence-corrected chi connectivity index (χ1v) is 40.3. The number of fused-ring (bicyclic) bond motifs is 4. The maximum absolute atomic E-state index is 12.7. The molecule has 129 heavy (non-hydrogen) atoms. The van der Waals surface area contributed by atoms with E-state index in [-0.39, 0.29) is 55.1 Å². The molecule has 20 aromatic heterocycles. The van der Waals surface area contributed by atoms with Crippen LogP contribution in [0.25, 0.3) is 134 Å². The van der Waals surface area contributed by atoms with E-state index in [0.29, 0.717) is 51.6 Å². The third-order valence-corrected chi connectivity index (χ3v) is 20.0. The van der Waals surface area contributed by atoms with Gasteiger partial charge in [-0.15, -0.1) is 0 Å². The van der Waals surface area contributed by atoms with Gasteiger partial charge in [0.25, 0.3) is 0 Å². The fourth-order valence-corrected chi connectivity index (χ4v) is 13.9. The van der Waals surface area contributed by atoms with E-state index < -0.39 is 0 Å². The minimum absolute atomic E-state index is 0.0256. The molecule has 0 spiro atoms. The molecule has 4 N–H and O–H groups in total. The minimum atomic E-state index is -0.247. The van der Waals surface area contributed by atoms with E-state index >= 15 is 0 Å². The Hall–Kier alpha value is -17.8. The highest BCUT2D eigenvalue weighted by Gasteiger charge is 2.20. The van der Waals surface area contributed by atoms with Crippen LogP contribution in [-0.4, -0.2) is 157 Å². The van der Waals surface area contributed by atoms with Gasteiger partial charge in [-0.1, -0.05) is 0 Å². The van der Waals surface area contributed by atoms with Gasteiger partial charge in [0.2, 0.25) is 28.9 Å². The number of aryl methyl sites for hydroxylation is 4. The number of halogens is 1. The average Bonchev–Trinajstić information content (AvgIpc) is 1.67. The summed E-state index contributed by atoms with van der Waals surface area (Å²) in [7, 11) is 0. The summed E-state index contributed by atoms with van der Waals surface area (Å²) in [4.78, 5) is 145. The number of rotatable bonds is 20. The van der Waals surface area contributed by atoms with Crippen molar-refractivity contribution in [2.75, 3.05) is 21.3 Å². The molecule has 0 atom stereocenters. The SMILES string of the molecule is Cc1cc(-c2cnc3c(ccn3CC(=O)Nc3ccc(-c4cnccn4)cn3)c2)ccn1.Cc1cc(-c2cnc3c(cnn3CC(=O)Nc3ccc(-c4cnccn4)cn3)c2)ccn1.Cc1cc(-c2nc(Cl)nc3c2ccn3CC(=O)Nc2ccc(-c3cnccn3)cn2)ccn1.Cc1cc(-c2nccc3c2ncn3CC(=O)Nc2ccc(-c3cnccn3)cn2)ccn1. The third kappa shape index (κ3) is 20.6. The van der Waals surface area contributed by atoms with Crippen LogP contribution in [0.2, 0.25) is 5.28 Å². The highest BCUT2D eigenvalue weighted by atomic mass is 35.5. The van der Waals surface area contributed by atoms with Crippen molar-refractivity contribution >= 4 is 103 Å². The number of carbonyl (C=O) groups is 4. The van der Waals surface area contributed by atoms with Gasteiger partial charge in [0, 0.05) is 214 Å². The van der Waals surface area contributed by atoms with Crippen LogP contribution in [0.5, 0.6) is 0 Å². The van der Waals surface area contributed by atoms with Crippen LogP contribution < -0.4 is 21.3 Å². The van der Waals surface area contributed by atoms with Gasteiger partial charge in [-0.25, -0.2) is 44.6 Å². The van der Waals surface area contributed by atoms with Gasteiger partial charge in [-0.05, 0) is 178 Å². The molecular weight excluding hydrogens is 1650 g/mol. The van der Waals surface area contributed by atoms with Gasteiger partial charge >= 0.3 is 0 Å². The van der Waals surface area contributed by atoms with Gasteiger partial charge in [0.15, 0.2) is 5.65 Å². The number of hydrogen-bond donors (Lipinski definition) is 4. The number of carbonyl (C=O) groups excluding carboxylic acids is 4. The van der Waals surface area contributed by atoms with E-state index in [1.165, 1.54) is 0 Å². The largest absolute Gasteiger partial charge is 0.323 e. The van der Waals surface area contributed by atoms with Crippen LogP contribution in [0.4, 0.5) is 23.3 Å². The lowest BCUT2D eigenvalue weighted by atomic mass is 10.1. The number of anilines is 4. The molecule has 0 fully saturated rings. The first-order valence-electron chi connectivity index (χ1n) is 40.0. The molecule has 4 amide bonds. The van der Waals surface area contributed by atoms with Crippen molar-refractivity contribution in [3.8, 4) is 89.8 Å². The quantitative estimate of drug-likeness (QED) is 0.0515. The van der Waals surface area contributed by atoms with Crippen molar-refractivity contribution < 1.29 is 19.2 Å². The van der Waals surface area contributed by atoms with E-state index in [0.717, 1.165) is 128 Å². The summed E-state index contributed by atoms with van der Waals surface area (Å²) < 4.78 is 6.90. The van der Waals surface area contributed by atoms with Gasteiger partial charge in [0.05, 0.1) is 77.0 Å². The summed E-state index contributed by atoms with van der Waals surface area (Å²) in [6, 6.07) is 39.6. The Morgan fingerprint density at radius 2 is 0.698 bits per heavy atom. The van der Waals surface area contributed by atoms with Crippen molar-refractivity contribution in [3.63, 3.8) is 0 Å². The Labute approximate surface area is 738 Å². The molecule has 630 valence electrons. The lowest BCUT2D eigenvalue weighted by Gasteiger charge is -2.08. The lowest BCUT2D eigenvalue weighted by Crippen LogP contribution is -2.20. The second kappa shape index (κ2) is 38.8. The summed E-state index contributed by atoms with van der Waals surface area (Å²) in [5.74, 6) is 0.935. The predicted molar refractivity (Wildman–Crippen MR) is 485 cm³/mol. The highest BCUT2D eigenvalue weighted by molar-refractivity contribution is 6.29. The number of aromatic nitrogens is 27. The zero-order chi connectivity index (χ0) is 88.5. The molecule has 20 heterocycles. The van der Waals surface area contributed by atoms with E-state index in [4.69, 9.17) is 11.6 Å². The van der Waals surface area contributed by atoms with Crippen LogP contribution >= 0.6 is 11.6 Å². The van der Waals surface area contributed by atoms with Gasteiger partial charge < -0.3 is 35.0 Å². The number of hydrogen-bond acceptors (Lipinski definition) is 27. The first-order chi connectivity index (χ1) is 63.0. The van der Waals surface area contributed by atoms with Gasteiger partial charge in [-0.3, -0.25) is 84.0 Å². The van der Waals surface area contributed by atoms with Crippen molar-refractivity contribution in [2.45, 2.75) is 53.9 Å². The lowest BCUT2D eigenvalue weighted by molar-refractivity contribution is -0.117. The molecule has 0 aliphatic heterocycles. The number of amides is 4. The molecule has 0 unspecified atom stereocenters. The maximum Gasteiger partial charge on any atom is 0.247 e. The van der Waals surface area contributed by atoms with Crippen molar-refractivity contribution in [1.82, 2.24) is 133 Å². The molecule has 0 bridgehead atoms. The normalized spacial score (nSPS) is 10.9. The van der Waals surface area contributed by atoms with Crippen LogP contribution in [-0.2, 0) is 45.4 Å². The summed E-state index contributed by atoms with van der Waals surface area (Å²) in [6.45, 7) is 8.05. The molecular formula is C93H72ClN31O4. The molecule has 0 saturated heterocycles.